The van der Waals surface area contributed by atoms with Gasteiger partial charge in [0.15, 0.2) is 0 Å². The summed E-state index contributed by atoms with van der Waals surface area (Å²) in [5.41, 5.74) is 1.38. The van der Waals surface area contributed by atoms with E-state index in [4.69, 9.17) is 0 Å². The van der Waals surface area contributed by atoms with Gasteiger partial charge in [0, 0.05) is 0 Å². The van der Waals surface area contributed by atoms with Crippen molar-refractivity contribution in [3.8, 4) is 0 Å². The number of hydrogen-bond acceptors (Lipinski definition) is 1. The molecule has 106 valence electrons. The molecule has 0 amide bonds. The molecule has 2 aliphatic rings. The van der Waals surface area contributed by atoms with E-state index in [9.17, 15) is 5.11 Å². The van der Waals surface area contributed by atoms with Gasteiger partial charge in [-0.25, -0.2) is 0 Å². The minimum Gasteiger partial charge on any atom is -0.508 e. The summed E-state index contributed by atoms with van der Waals surface area (Å²) in [6.07, 6.45) is 20.3. The maximum absolute atomic E-state index is 9.32. The minimum absolute atomic E-state index is 0.414. The third kappa shape index (κ3) is 4.89. The number of allylic oxidation sites excluding steroid dienone is 5. The summed E-state index contributed by atoms with van der Waals surface area (Å²) in [6, 6.07) is 0. The number of aliphatic hydroxyl groups excluding tert-OH is 1. The molecule has 0 aromatic heterocycles. The summed E-state index contributed by atoms with van der Waals surface area (Å²) in [5.74, 6) is 2.18. The lowest BCUT2D eigenvalue weighted by atomic mass is 9.79. The number of hydrogen-bond donors (Lipinski definition) is 1. The quantitative estimate of drug-likeness (QED) is 0.628. The van der Waals surface area contributed by atoms with Crippen molar-refractivity contribution < 1.29 is 5.11 Å². The molecule has 0 aromatic rings. The van der Waals surface area contributed by atoms with Gasteiger partial charge in [-0.3, -0.25) is 0 Å². The molecule has 2 rings (SSSR count). The Morgan fingerprint density at radius 3 is 2.58 bits per heavy atom. The summed E-state index contributed by atoms with van der Waals surface area (Å²) in [5, 5.41) is 9.32. The molecule has 0 aromatic carbocycles. The van der Waals surface area contributed by atoms with E-state index in [-0.39, 0.29) is 0 Å². The van der Waals surface area contributed by atoms with E-state index in [0.29, 0.717) is 5.76 Å². The molecule has 1 N–H and O–H groups in total. The molecule has 1 heteroatoms. The zero-order valence-corrected chi connectivity index (χ0v) is 12.3. The van der Waals surface area contributed by atoms with Gasteiger partial charge in [-0.05, 0) is 61.7 Å². The fourth-order valence-electron chi connectivity index (χ4n) is 3.30. The first-order chi connectivity index (χ1) is 9.28. The van der Waals surface area contributed by atoms with Gasteiger partial charge in [0.2, 0.25) is 0 Å². The molecule has 2 aliphatic carbocycles. The minimum atomic E-state index is 0.414. The van der Waals surface area contributed by atoms with Crippen LogP contribution in [0.25, 0.3) is 0 Å². The predicted octanol–water partition coefficient (Wildman–Crippen LogP) is 5.70. The highest BCUT2D eigenvalue weighted by atomic mass is 16.3. The van der Waals surface area contributed by atoms with Crippen molar-refractivity contribution in [2.45, 2.75) is 64.7 Å². The molecule has 0 spiro atoms. The lowest BCUT2D eigenvalue weighted by Crippen LogP contribution is -2.13. The second kappa shape index (κ2) is 7.57. The van der Waals surface area contributed by atoms with Gasteiger partial charge < -0.3 is 5.11 Å². The summed E-state index contributed by atoms with van der Waals surface area (Å²) in [4.78, 5) is 0. The molecule has 0 radical (unpaired) electrons. The molecule has 0 saturated heterocycles. The molecule has 0 atom stereocenters. The van der Waals surface area contributed by atoms with Crippen LogP contribution in [0.5, 0.6) is 0 Å². The average molecular weight is 260 g/mol. The largest absolute Gasteiger partial charge is 0.508 e. The lowest BCUT2D eigenvalue weighted by Gasteiger charge is -2.27. The van der Waals surface area contributed by atoms with E-state index in [1.165, 1.54) is 56.9 Å². The maximum atomic E-state index is 9.32. The third-order valence-electron chi connectivity index (χ3n) is 4.57. The van der Waals surface area contributed by atoms with Crippen LogP contribution in [0.15, 0.2) is 35.6 Å². The van der Waals surface area contributed by atoms with Crippen LogP contribution in [0, 0.1) is 11.8 Å². The van der Waals surface area contributed by atoms with Crippen LogP contribution in [0.4, 0.5) is 0 Å². The number of unbranched alkanes of at least 4 members (excludes halogenated alkanes) is 2. The smallest absolute Gasteiger partial charge is 0.111 e. The van der Waals surface area contributed by atoms with E-state index in [2.05, 4.69) is 19.1 Å². The topological polar surface area (TPSA) is 20.2 Å². The Labute approximate surface area is 118 Å². The monoisotopic (exact) mass is 260 g/mol. The predicted molar refractivity (Wildman–Crippen MR) is 82.1 cm³/mol. The first-order valence-corrected chi connectivity index (χ1v) is 8.06. The van der Waals surface area contributed by atoms with E-state index in [0.717, 1.165) is 18.3 Å². The molecular formula is C18H28O. The molecule has 1 fully saturated rings. The first-order valence-electron chi connectivity index (χ1n) is 8.06. The van der Waals surface area contributed by atoms with Gasteiger partial charge in [-0.2, -0.15) is 0 Å². The van der Waals surface area contributed by atoms with Gasteiger partial charge in [-0.15, -0.1) is 0 Å². The van der Waals surface area contributed by atoms with E-state index < -0.39 is 0 Å². The Balaban J connectivity index is 1.72. The molecule has 19 heavy (non-hydrogen) atoms. The molecule has 0 aliphatic heterocycles. The molecule has 1 nitrogen and oxygen atoms in total. The van der Waals surface area contributed by atoms with Crippen LogP contribution in [-0.4, -0.2) is 5.11 Å². The Bertz CT molecular complexity index is 354. The van der Waals surface area contributed by atoms with Crippen molar-refractivity contribution in [2.24, 2.45) is 11.8 Å². The van der Waals surface area contributed by atoms with Crippen LogP contribution in [0.1, 0.15) is 64.7 Å². The fraction of sp³-hybridized carbons (Fsp3) is 0.667. The Morgan fingerprint density at radius 1 is 1.16 bits per heavy atom. The Hall–Kier alpha value is -0.980. The highest BCUT2D eigenvalue weighted by molar-refractivity contribution is 5.32. The normalized spacial score (nSPS) is 29.5. The second-order valence-corrected chi connectivity index (χ2v) is 6.18. The van der Waals surface area contributed by atoms with Crippen molar-refractivity contribution in [3.63, 3.8) is 0 Å². The SMILES string of the molecule is CCCCCC1CCC(C=C2C=CC(O)=CC2)CC1. The Kier molecular flexibility index (Phi) is 5.75. The first kappa shape index (κ1) is 14.4. The van der Waals surface area contributed by atoms with Gasteiger partial charge in [-0.1, -0.05) is 44.8 Å². The average Bonchev–Trinajstić information content (AvgIpc) is 2.44. The number of aliphatic hydroxyl groups is 1. The van der Waals surface area contributed by atoms with Crippen molar-refractivity contribution in [2.75, 3.05) is 0 Å². The standard InChI is InChI=1S/C18H28O/c1-2-3-4-5-15-6-8-16(9-7-15)14-17-10-12-18(19)13-11-17/h10,12-16,19H,2-9,11H2,1H3. The summed E-state index contributed by atoms with van der Waals surface area (Å²) >= 11 is 0. The molecule has 1 saturated carbocycles. The number of rotatable bonds is 5. The van der Waals surface area contributed by atoms with Crippen molar-refractivity contribution >= 4 is 0 Å². The van der Waals surface area contributed by atoms with Crippen LogP contribution in [-0.2, 0) is 0 Å². The van der Waals surface area contributed by atoms with Gasteiger partial charge in [0.05, 0.1) is 0 Å². The van der Waals surface area contributed by atoms with Crippen molar-refractivity contribution in [1.82, 2.24) is 0 Å². The zero-order valence-electron chi connectivity index (χ0n) is 12.3. The summed E-state index contributed by atoms with van der Waals surface area (Å²) in [6.45, 7) is 2.28. The van der Waals surface area contributed by atoms with Crippen LogP contribution in [0.3, 0.4) is 0 Å². The summed E-state index contributed by atoms with van der Waals surface area (Å²) in [7, 11) is 0. The highest BCUT2D eigenvalue weighted by Crippen LogP contribution is 2.33. The van der Waals surface area contributed by atoms with E-state index >= 15 is 0 Å². The third-order valence-corrected chi connectivity index (χ3v) is 4.57. The van der Waals surface area contributed by atoms with E-state index in [1.54, 1.807) is 0 Å². The summed E-state index contributed by atoms with van der Waals surface area (Å²) < 4.78 is 0. The highest BCUT2D eigenvalue weighted by Gasteiger charge is 2.19. The van der Waals surface area contributed by atoms with Crippen LogP contribution < -0.4 is 0 Å². The maximum Gasteiger partial charge on any atom is 0.111 e. The molecule has 0 heterocycles. The second-order valence-electron chi connectivity index (χ2n) is 6.18. The van der Waals surface area contributed by atoms with Gasteiger partial charge >= 0.3 is 0 Å². The zero-order chi connectivity index (χ0) is 13.5. The molecule has 0 unspecified atom stereocenters. The van der Waals surface area contributed by atoms with Gasteiger partial charge in [0.25, 0.3) is 0 Å². The van der Waals surface area contributed by atoms with E-state index in [1.807, 2.05) is 12.2 Å². The lowest BCUT2D eigenvalue weighted by molar-refractivity contribution is 0.289. The van der Waals surface area contributed by atoms with Crippen molar-refractivity contribution in [3.05, 3.63) is 35.6 Å². The van der Waals surface area contributed by atoms with Gasteiger partial charge in [0.1, 0.15) is 5.76 Å². The molecule has 0 bridgehead atoms. The van der Waals surface area contributed by atoms with Crippen LogP contribution in [0.2, 0.25) is 0 Å². The van der Waals surface area contributed by atoms with Crippen molar-refractivity contribution in [1.29, 1.82) is 0 Å². The Morgan fingerprint density at radius 2 is 1.95 bits per heavy atom. The molecular weight excluding hydrogens is 232 g/mol. The van der Waals surface area contributed by atoms with Crippen LogP contribution >= 0.6 is 0 Å². The fourth-order valence-corrected chi connectivity index (χ4v) is 3.30.